The van der Waals surface area contributed by atoms with Crippen molar-refractivity contribution in [2.75, 3.05) is 19.7 Å². The van der Waals surface area contributed by atoms with Gasteiger partial charge in [-0.2, -0.15) is 0 Å². The first-order valence-corrected chi connectivity index (χ1v) is 6.69. The molecule has 1 saturated heterocycles. The van der Waals surface area contributed by atoms with Crippen LogP contribution in [-0.4, -0.2) is 41.3 Å². The maximum atomic E-state index is 9.05. The van der Waals surface area contributed by atoms with Crippen LogP contribution < -0.4 is 5.73 Å². The van der Waals surface area contributed by atoms with E-state index in [2.05, 4.69) is 11.8 Å². The number of unbranched alkanes of at least 4 members (excludes halogenated alkanes) is 1. The molecule has 1 heterocycles. The Hall–Kier alpha value is -0.120. The molecule has 3 N–H and O–H groups in total. The highest BCUT2D eigenvalue weighted by Crippen LogP contribution is 2.17. The van der Waals surface area contributed by atoms with E-state index in [9.17, 15) is 0 Å². The summed E-state index contributed by atoms with van der Waals surface area (Å²) in [7, 11) is 0. The molecular formula is C13H28N2O. The van der Waals surface area contributed by atoms with Crippen molar-refractivity contribution in [2.24, 2.45) is 5.73 Å². The topological polar surface area (TPSA) is 49.5 Å². The molecular weight excluding hydrogens is 200 g/mol. The number of nitrogens with zero attached hydrogens (tertiary/aromatic N) is 1. The van der Waals surface area contributed by atoms with Gasteiger partial charge in [-0.3, -0.25) is 0 Å². The molecule has 0 aromatic carbocycles. The fourth-order valence-electron chi connectivity index (χ4n) is 2.41. The van der Waals surface area contributed by atoms with Gasteiger partial charge >= 0.3 is 0 Å². The third-order valence-electron chi connectivity index (χ3n) is 3.74. The van der Waals surface area contributed by atoms with Crippen molar-refractivity contribution >= 4 is 0 Å². The van der Waals surface area contributed by atoms with E-state index in [0.29, 0.717) is 0 Å². The second-order valence-electron chi connectivity index (χ2n) is 5.65. The van der Waals surface area contributed by atoms with E-state index in [1.165, 1.54) is 38.8 Å². The van der Waals surface area contributed by atoms with E-state index in [1.54, 1.807) is 0 Å². The van der Waals surface area contributed by atoms with Gasteiger partial charge in [-0.1, -0.05) is 12.8 Å². The van der Waals surface area contributed by atoms with Crippen LogP contribution in [0.3, 0.4) is 0 Å². The predicted octanol–water partition coefficient (Wildman–Crippen LogP) is 1.74. The van der Waals surface area contributed by atoms with Gasteiger partial charge in [0, 0.05) is 11.6 Å². The highest BCUT2D eigenvalue weighted by atomic mass is 16.3. The maximum absolute atomic E-state index is 9.05. The average Bonchev–Trinajstić information content (AvgIpc) is 2.27. The van der Waals surface area contributed by atoms with Crippen LogP contribution in [0.15, 0.2) is 0 Å². The first kappa shape index (κ1) is 13.9. The minimum absolute atomic E-state index is 0.0904. The highest BCUT2D eigenvalue weighted by molar-refractivity contribution is 4.78. The lowest BCUT2D eigenvalue weighted by Crippen LogP contribution is -2.41. The summed E-state index contributed by atoms with van der Waals surface area (Å²) in [4.78, 5) is 2.59. The smallest absolute Gasteiger partial charge is 0.0608 e. The Bertz CT molecular complexity index is 194. The Labute approximate surface area is 100 Å². The van der Waals surface area contributed by atoms with Crippen LogP contribution in [0.25, 0.3) is 0 Å². The molecule has 1 aliphatic heterocycles. The van der Waals surface area contributed by atoms with Crippen LogP contribution in [0.1, 0.15) is 52.4 Å². The van der Waals surface area contributed by atoms with Gasteiger partial charge in [0.05, 0.1) is 6.61 Å². The summed E-state index contributed by atoms with van der Waals surface area (Å²) in [5.41, 5.74) is 5.52. The summed E-state index contributed by atoms with van der Waals surface area (Å²) in [6.07, 6.45) is 7.35. The average molecular weight is 228 g/mol. The lowest BCUT2D eigenvalue weighted by Gasteiger charge is -2.33. The molecule has 0 spiro atoms. The van der Waals surface area contributed by atoms with Crippen molar-refractivity contribution in [1.82, 2.24) is 4.90 Å². The van der Waals surface area contributed by atoms with Crippen molar-refractivity contribution in [3.8, 4) is 0 Å². The third kappa shape index (κ3) is 4.81. The molecule has 0 aromatic heterocycles. The van der Waals surface area contributed by atoms with Crippen molar-refractivity contribution in [3.63, 3.8) is 0 Å². The van der Waals surface area contributed by atoms with Gasteiger partial charge in [-0.15, -0.1) is 0 Å². The van der Waals surface area contributed by atoms with E-state index in [1.807, 2.05) is 6.92 Å². The van der Waals surface area contributed by atoms with E-state index >= 15 is 0 Å². The molecule has 0 saturated carbocycles. The molecule has 2 unspecified atom stereocenters. The summed E-state index contributed by atoms with van der Waals surface area (Å²) < 4.78 is 0. The monoisotopic (exact) mass is 228 g/mol. The predicted molar refractivity (Wildman–Crippen MR) is 68.4 cm³/mol. The molecule has 16 heavy (non-hydrogen) atoms. The van der Waals surface area contributed by atoms with E-state index in [4.69, 9.17) is 10.8 Å². The second kappa shape index (κ2) is 6.58. The van der Waals surface area contributed by atoms with Crippen molar-refractivity contribution in [2.45, 2.75) is 64.0 Å². The zero-order chi connectivity index (χ0) is 12.0. The minimum Gasteiger partial charge on any atom is -0.394 e. The molecule has 1 rings (SSSR count). The summed E-state index contributed by atoms with van der Waals surface area (Å²) in [6.45, 7) is 6.81. The Kier molecular flexibility index (Phi) is 5.73. The summed E-state index contributed by atoms with van der Waals surface area (Å²) in [5.74, 6) is 0. The van der Waals surface area contributed by atoms with Crippen LogP contribution in [0.4, 0.5) is 0 Å². The van der Waals surface area contributed by atoms with Gasteiger partial charge in [0.1, 0.15) is 0 Å². The van der Waals surface area contributed by atoms with Crippen molar-refractivity contribution in [1.29, 1.82) is 0 Å². The number of piperidine rings is 1. The summed E-state index contributed by atoms with van der Waals surface area (Å²) in [6, 6.07) is 0.760. The lowest BCUT2D eigenvalue weighted by atomic mass is 9.96. The Balaban J connectivity index is 2.10. The first-order valence-electron chi connectivity index (χ1n) is 6.69. The Morgan fingerprint density at radius 3 is 2.75 bits per heavy atom. The number of nitrogens with two attached hydrogens (primary N) is 1. The molecule has 0 amide bonds. The standard InChI is InChI=1S/C13H28N2O/c1-12-7-3-5-9-15(12)10-6-4-8-13(2,14)11-16/h12,16H,3-11,14H2,1-2H3. The van der Waals surface area contributed by atoms with E-state index in [-0.39, 0.29) is 12.1 Å². The summed E-state index contributed by atoms with van der Waals surface area (Å²) in [5, 5.41) is 9.05. The third-order valence-corrected chi connectivity index (χ3v) is 3.74. The van der Waals surface area contributed by atoms with E-state index in [0.717, 1.165) is 18.9 Å². The molecule has 2 atom stereocenters. The van der Waals surface area contributed by atoms with Crippen molar-refractivity contribution < 1.29 is 5.11 Å². The van der Waals surface area contributed by atoms with Crippen LogP contribution in [-0.2, 0) is 0 Å². The normalized spacial score (nSPS) is 26.6. The Morgan fingerprint density at radius 2 is 2.12 bits per heavy atom. The van der Waals surface area contributed by atoms with Crippen LogP contribution in [0.2, 0.25) is 0 Å². The number of rotatable bonds is 6. The fourth-order valence-corrected chi connectivity index (χ4v) is 2.41. The van der Waals surface area contributed by atoms with Crippen LogP contribution in [0, 0.1) is 0 Å². The number of aliphatic hydroxyl groups is 1. The van der Waals surface area contributed by atoms with Gasteiger partial charge in [-0.05, 0) is 52.6 Å². The number of likely N-dealkylation sites (tertiary alicyclic amines) is 1. The van der Waals surface area contributed by atoms with Gasteiger partial charge in [0.2, 0.25) is 0 Å². The molecule has 1 aliphatic rings. The van der Waals surface area contributed by atoms with Gasteiger partial charge in [0.25, 0.3) is 0 Å². The van der Waals surface area contributed by atoms with Gasteiger partial charge < -0.3 is 15.7 Å². The van der Waals surface area contributed by atoms with Gasteiger partial charge in [0.15, 0.2) is 0 Å². The first-order chi connectivity index (χ1) is 7.55. The van der Waals surface area contributed by atoms with Crippen LogP contribution >= 0.6 is 0 Å². The second-order valence-corrected chi connectivity index (χ2v) is 5.65. The van der Waals surface area contributed by atoms with E-state index < -0.39 is 0 Å². The van der Waals surface area contributed by atoms with Crippen molar-refractivity contribution in [3.05, 3.63) is 0 Å². The maximum Gasteiger partial charge on any atom is 0.0608 e. The van der Waals surface area contributed by atoms with Crippen LogP contribution in [0.5, 0.6) is 0 Å². The van der Waals surface area contributed by atoms with Gasteiger partial charge in [-0.25, -0.2) is 0 Å². The molecule has 3 nitrogen and oxygen atoms in total. The largest absolute Gasteiger partial charge is 0.394 e. The molecule has 96 valence electrons. The summed E-state index contributed by atoms with van der Waals surface area (Å²) >= 11 is 0. The molecule has 1 fully saturated rings. The SMILES string of the molecule is CC1CCCCN1CCCCC(C)(N)CO. The minimum atomic E-state index is -0.381. The highest BCUT2D eigenvalue weighted by Gasteiger charge is 2.19. The molecule has 0 aromatic rings. The number of hydrogen-bond acceptors (Lipinski definition) is 3. The number of hydrogen-bond donors (Lipinski definition) is 2. The number of aliphatic hydroxyl groups excluding tert-OH is 1. The lowest BCUT2D eigenvalue weighted by molar-refractivity contribution is 0.153. The Morgan fingerprint density at radius 1 is 1.38 bits per heavy atom. The fraction of sp³-hybridized carbons (Fsp3) is 1.00. The molecule has 0 radical (unpaired) electrons. The quantitative estimate of drug-likeness (QED) is 0.681. The molecule has 0 aliphatic carbocycles. The zero-order valence-electron chi connectivity index (χ0n) is 10.9. The molecule has 3 heteroatoms. The zero-order valence-corrected chi connectivity index (χ0v) is 10.9. The molecule has 0 bridgehead atoms.